The molecule has 1 atom stereocenters. The number of methoxy groups -OCH3 is 2. The second kappa shape index (κ2) is 9.99. The van der Waals surface area contributed by atoms with Gasteiger partial charge in [-0.25, -0.2) is 0 Å². The van der Waals surface area contributed by atoms with E-state index in [1.165, 1.54) is 16.7 Å². The van der Waals surface area contributed by atoms with Crippen molar-refractivity contribution in [3.63, 3.8) is 0 Å². The van der Waals surface area contributed by atoms with Crippen LogP contribution in [0.1, 0.15) is 22.6 Å². The number of hydrogen-bond donors (Lipinski definition) is 0. The van der Waals surface area contributed by atoms with Gasteiger partial charge in [0.1, 0.15) is 11.5 Å². The molecule has 1 heterocycles. The molecule has 4 heteroatoms. The summed E-state index contributed by atoms with van der Waals surface area (Å²) in [5.41, 5.74) is 3.94. The van der Waals surface area contributed by atoms with Gasteiger partial charge in [-0.1, -0.05) is 66.7 Å². The highest BCUT2D eigenvalue weighted by atomic mass is 16.5. The summed E-state index contributed by atoms with van der Waals surface area (Å²) in [6, 6.07) is 28.3. The van der Waals surface area contributed by atoms with Crippen LogP contribution in [0.15, 0.2) is 78.9 Å². The summed E-state index contributed by atoms with van der Waals surface area (Å²) in [4.78, 5) is 5.07. The highest BCUT2D eigenvalue weighted by Crippen LogP contribution is 2.33. The molecule has 0 bridgehead atoms. The molecule has 4 nitrogen and oxygen atoms in total. The molecule has 0 aliphatic carbocycles. The molecule has 0 saturated carbocycles. The Balaban J connectivity index is 1.60. The Kier molecular flexibility index (Phi) is 6.90. The minimum atomic E-state index is 0.327. The normalized spacial score (nSPS) is 17.6. The number of rotatable bonds is 7. The Hall–Kier alpha value is -2.82. The summed E-state index contributed by atoms with van der Waals surface area (Å²) in [7, 11) is 5.67. The van der Waals surface area contributed by atoms with Gasteiger partial charge < -0.3 is 9.47 Å². The van der Waals surface area contributed by atoms with E-state index in [4.69, 9.17) is 9.47 Å². The summed E-state index contributed by atoms with van der Waals surface area (Å²) >= 11 is 0. The van der Waals surface area contributed by atoms with Crippen LogP contribution < -0.4 is 9.47 Å². The minimum Gasteiger partial charge on any atom is -0.497 e. The Morgan fingerprint density at radius 3 is 2.06 bits per heavy atom. The van der Waals surface area contributed by atoms with Crippen LogP contribution in [0.2, 0.25) is 0 Å². The van der Waals surface area contributed by atoms with E-state index in [9.17, 15) is 0 Å². The molecule has 0 N–H and O–H groups in total. The first-order valence-electron chi connectivity index (χ1n) is 10.9. The second-order valence-corrected chi connectivity index (χ2v) is 8.26. The Bertz CT molecular complexity index is 922. The number of benzene rings is 3. The molecule has 162 valence electrons. The van der Waals surface area contributed by atoms with E-state index in [1.54, 1.807) is 14.2 Å². The van der Waals surface area contributed by atoms with Crippen LogP contribution in [-0.4, -0.2) is 56.7 Å². The van der Waals surface area contributed by atoms with Crippen molar-refractivity contribution in [2.45, 2.75) is 18.5 Å². The molecule has 1 aliphatic rings. The lowest BCUT2D eigenvalue weighted by Gasteiger charge is -2.43. The molecule has 4 rings (SSSR count). The number of nitrogens with zero attached hydrogens (tertiary/aromatic N) is 2. The summed E-state index contributed by atoms with van der Waals surface area (Å²) in [5, 5.41) is 0. The lowest BCUT2D eigenvalue weighted by atomic mass is 9.83. The fraction of sp³-hybridized carbons (Fsp3) is 0.333. The molecule has 1 unspecified atom stereocenters. The van der Waals surface area contributed by atoms with Crippen LogP contribution in [-0.2, 0) is 6.54 Å². The van der Waals surface area contributed by atoms with Crippen molar-refractivity contribution in [1.82, 2.24) is 9.80 Å². The van der Waals surface area contributed by atoms with E-state index in [0.717, 1.165) is 37.7 Å². The lowest BCUT2D eigenvalue weighted by molar-refractivity contribution is 0.0810. The monoisotopic (exact) mass is 416 g/mol. The van der Waals surface area contributed by atoms with Gasteiger partial charge in [0.2, 0.25) is 0 Å². The SMILES string of the molecule is COc1ccc(CN2CCN(C)C(C(c3ccccc3)c3ccccc3)C2)c(OC)c1. The van der Waals surface area contributed by atoms with Crippen molar-refractivity contribution in [3.05, 3.63) is 95.6 Å². The molecule has 1 saturated heterocycles. The maximum atomic E-state index is 5.65. The smallest absolute Gasteiger partial charge is 0.127 e. The minimum absolute atomic E-state index is 0.327. The van der Waals surface area contributed by atoms with E-state index in [0.29, 0.717) is 12.0 Å². The highest BCUT2D eigenvalue weighted by Gasteiger charge is 2.33. The first-order chi connectivity index (χ1) is 15.2. The van der Waals surface area contributed by atoms with Crippen molar-refractivity contribution in [2.75, 3.05) is 40.9 Å². The molecule has 0 spiro atoms. The van der Waals surface area contributed by atoms with Gasteiger partial charge >= 0.3 is 0 Å². The number of hydrogen-bond acceptors (Lipinski definition) is 4. The number of likely N-dealkylation sites (N-methyl/N-ethyl adjacent to an activating group) is 1. The summed E-state index contributed by atoms with van der Waals surface area (Å²) in [6.07, 6.45) is 0. The first-order valence-corrected chi connectivity index (χ1v) is 10.9. The van der Waals surface area contributed by atoms with E-state index in [2.05, 4.69) is 83.6 Å². The Labute approximate surface area is 186 Å². The van der Waals surface area contributed by atoms with Gasteiger partial charge in [0, 0.05) is 49.8 Å². The van der Waals surface area contributed by atoms with Gasteiger partial charge in [0.05, 0.1) is 14.2 Å². The van der Waals surface area contributed by atoms with E-state index >= 15 is 0 Å². The van der Waals surface area contributed by atoms with Crippen molar-refractivity contribution >= 4 is 0 Å². The third kappa shape index (κ3) is 4.92. The zero-order valence-corrected chi connectivity index (χ0v) is 18.7. The molecule has 0 aromatic heterocycles. The fourth-order valence-electron chi connectivity index (χ4n) is 4.64. The van der Waals surface area contributed by atoms with Crippen LogP contribution >= 0.6 is 0 Å². The predicted molar refractivity (Wildman–Crippen MR) is 126 cm³/mol. The van der Waals surface area contributed by atoms with Crippen LogP contribution in [0.5, 0.6) is 11.5 Å². The van der Waals surface area contributed by atoms with Crippen LogP contribution in [0.25, 0.3) is 0 Å². The summed E-state index contributed by atoms with van der Waals surface area (Å²) in [6.45, 7) is 3.95. The van der Waals surface area contributed by atoms with Gasteiger partial charge in [-0.2, -0.15) is 0 Å². The Morgan fingerprint density at radius 2 is 1.48 bits per heavy atom. The maximum absolute atomic E-state index is 5.65. The zero-order valence-electron chi connectivity index (χ0n) is 18.7. The maximum Gasteiger partial charge on any atom is 0.127 e. The van der Waals surface area contributed by atoms with Crippen LogP contribution in [0.3, 0.4) is 0 Å². The van der Waals surface area contributed by atoms with Crippen LogP contribution in [0.4, 0.5) is 0 Å². The number of ether oxygens (including phenoxy) is 2. The molecule has 3 aromatic rings. The number of piperazine rings is 1. The van der Waals surface area contributed by atoms with E-state index in [-0.39, 0.29) is 0 Å². The van der Waals surface area contributed by atoms with Gasteiger partial charge in [-0.3, -0.25) is 9.80 Å². The van der Waals surface area contributed by atoms with Gasteiger partial charge in [-0.15, -0.1) is 0 Å². The standard InChI is InChI=1S/C27H32N2O2/c1-28-16-17-29(19-23-14-15-24(30-2)18-26(23)31-3)20-25(28)27(21-10-6-4-7-11-21)22-12-8-5-9-13-22/h4-15,18,25,27H,16-17,19-20H2,1-3H3. The van der Waals surface area contributed by atoms with Gasteiger partial charge in [-0.05, 0) is 24.2 Å². The van der Waals surface area contributed by atoms with E-state index in [1.807, 2.05) is 12.1 Å². The Morgan fingerprint density at radius 1 is 0.839 bits per heavy atom. The fourth-order valence-corrected chi connectivity index (χ4v) is 4.64. The molecular formula is C27H32N2O2. The van der Waals surface area contributed by atoms with Crippen molar-refractivity contribution < 1.29 is 9.47 Å². The molecule has 1 fully saturated rings. The summed E-state index contributed by atoms with van der Waals surface area (Å²) < 4.78 is 11.0. The largest absolute Gasteiger partial charge is 0.497 e. The van der Waals surface area contributed by atoms with Crippen molar-refractivity contribution in [2.24, 2.45) is 0 Å². The molecule has 31 heavy (non-hydrogen) atoms. The second-order valence-electron chi connectivity index (χ2n) is 8.26. The third-order valence-corrected chi connectivity index (χ3v) is 6.37. The van der Waals surface area contributed by atoms with Crippen molar-refractivity contribution in [1.29, 1.82) is 0 Å². The average Bonchev–Trinajstić information content (AvgIpc) is 2.83. The molecule has 0 radical (unpaired) electrons. The van der Waals surface area contributed by atoms with Crippen molar-refractivity contribution in [3.8, 4) is 11.5 Å². The highest BCUT2D eigenvalue weighted by molar-refractivity contribution is 5.41. The quantitative estimate of drug-likeness (QED) is 0.560. The van der Waals surface area contributed by atoms with Gasteiger partial charge in [0.25, 0.3) is 0 Å². The third-order valence-electron chi connectivity index (χ3n) is 6.37. The lowest BCUT2D eigenvalue weighted by Crippen LogP contribution is -2.53. The molecule has 3 aromatic carbocycles. The first kappa shape index (κ1) is 21.4. The topological polar surface area (TPSA) is 24.9 Å². The zero-order chi connectivity index (χ0) is 21.6. The van der Waals surface area contributed by atoms with Gasteiger partial charge in [0.15, 0.2) is 0 Å². The van der Waals surface area contributed by atoms with Crippen LogP contribution in [0, 0.1) is 0 Å². The molecule has 0 amide bonds. The summed E-state index contributed by atoms with van der Waals surface area (Å²) in [5.74, 6) is 2.04. The molecular weight excluding hydrogens is 384 g/mol. The molecule has 1 aliphatic heterocycles. The average molecular weight is 417 g/mol. The van der Waals surface area contributed by atoms with E-state index < -0.39 is 0 Å². The predicted octanol–water partition coefficient (Wildman–Crippen LogP) is 4.65.